The SMILES string of the molecule is COc1ccc(C(C)NC2CCOC(C)(C)C2)c(O)c1. The van der Waals surface area contributed by atoms with Crippen LogP contribution in [0.25, 0.3) is 0 Å². The summed E-state index contributed by atoms with van der Waals surface area (Å²) < 4.78 is 10.8. The molecule has 2 N–H and O–H groups in total. The number of benzene rings is 1. The predicted octanol–water partition coefficient (Wildman–Crippen LogP) is 3.01. The van der Waals surface area contributed by atoms with Crippen LogP contribution in [0.15, 0.2) is 18.2 Å². The summed E-state index contributed by atoms with van der Waals surface area (Å²) in [6, 6.07) is 5.95. The molecule has 4 heteroatoms. The highest BCUT2D eigenvalue weighted by atomic mass is 16.5. The molecule has 1 heterocycles. The molecule has 2 unspecified atom stereocenters. The number of hydrogen-bond donors (Lipinski definition) is 2. The lowest BCUT2D eigenvalue weighted by molar-refractivity contribution is -0.0640. The summed E-state index contributed by atoms with van der Waals surface area (Å²) in [4.78, 5) is 0. The summed E-state index contributed by atoms with van der Waals surface area (Å²) in [6.07, 6.45) is 1.99. The topological polar surface area (TPSA) is 50.7 Å². The molecule has 0 amide bonds. The zero-order chi connectivity index (χ0) is 14.8. The average Bonchev–Trinajstić information content (AvgIpc) is 2.37. The maximum absolute atomic E-state index is 10.1. The monoisotopic (exact) mass is 279 g/mol. The normalized spacial score (nSPS) is 23.3. The van der Waals surface area contributed by atoms with Gasteiger partial charge in [-0.15, -0.1) is 0 Å². The summed E-state index contributed by atoms with van der Waals surface area (Å²) in [5.41, 5.74) is 0.826. The minimum atomic E-state index is -0.0718. The van der Waals surface area contributed by atoms with Crippen LogP contribution in [-0.2, 0) is 4.74 Å². The Hall–Kier alpha value is -1.26. The third kappa shape index (κ3) is 3.64. The molecule has 0 bridgehead atoms. The molecule has 1 aromatic rings. The van der Waals surface area contributed by atoms with Crippen LogP contribution in [0.5, 0.6) is 11.5 Å². The van der Waals surface area contributed by atoms with Gasteiger partial charge in [-0.25, -0.2) is 0 Å². The molecule has 0 spiro atoms. The van der Waals surface area contributed by atoms with E-state index in [4.69, 9.17) is 9.47 Å². The number of methoxy groups -OCH3 is 1. The fraction of sp³-hybridized carbons (Fsp3) is 0.625. The lowest BCUT2D eigenvalue weighted by atomic mass is 9.93. The highest BCUT2D eigenvalue weighted by Crippen LogP contribution is 2.30. The van der Waals surface area contributed by atoms with Gasteiger partial charge in [0.25, 0.3) is 0 Å². The van der Waals surface area contributed by atoms with Crippen LogP contribution < -0.4 is 10.1 Å². The van der Waals surface area contributed by atoms with E-state index in [1.54, 1.807) is 13.2 Å². The fourth-order valence-electron chi connectivity index (χ4n) is 2.83. The molecule has 1 aromatic carbocycles. The Morgan fingerprint density at radius 1 is 1.45 bits per heavy atom. The Morgan fingerprint density at radius 2 is 2.20 bits per heavy atom. The third-order valence-electron chi connectivity index (χ3n) is 3.89. The van der Waals surface area contributed by atoms with E-state index in [1.807, 2.05) is 12.1 Å². The zero-order valence-electron chi connectivity index (χ0n) is 12.8. The molecule has 112 valence electrons. The first-order valence-corrected chi connectivity index (χ1v) is 7.18. The molecule has 1 saturated heterocycles. The van der Waals surface area contributed by atoms with Crippen molar-refractivity contribution in [1.82, 2.24) is 5.32 Å². The third-order valence-corrected chi connectivity index (χ3v) is 3.89. The van der Waals surface area contributed by atoms with Crippen molar-refractivity contribution in [2.45, 2.75) is 51.3 Å². The van der Waals surface area contributed by atoms with E-state index in [0.29, 0.717) is 11.8 Å². The highest BCUT2D eigenvalue weighted by Gasteiger charge is 2.29. The fourth-order valence-corrected chi connectivity index (χ4v) is 2.83. The van der Waals surface area contributed by atoms with Crippen molar-refractivity contribution in [2.75, 3.05) is 13.7 Å². The second-order valence-electron chi connectivity index (χ2n) is 6.11. The molecule has 4 nitrogen and oxygen atoms in total. The van der Waals surface area contributed by atoms with Crippen LogP contribution in [0.3, 0.4) is 0 Å². The van der Waals surface area contributed by atoms with Crippen molar-refractivity contribution >= 4 is 0 Å². The van der Waals surface area contributed by atoms with Crippen molar-refractivity contribution in [3.8, 4) is 11.5 Å². The van der Waals surface area contributed by atoms with E-state index in [1.165, 1.54) is 0 Å². The molecule has 0 radical (unpaired) electrons. The number of ether oxygens (including phenoxy) is 2. The Labute approximate surface area is 121 Å². The first-order chi connectivity index (χ1) is 9.41. The van der Waals surface area contributed by atoms with Gasteiger partial charge in [0.1, 0.15) is 11.5 Å². The lowest BCUT2D eigenvalue weighted by Gasteiger charge is -2.37. The van der Waals surface area contributed by atoms with Gasteiger partial charge in [-0.1, -0.05) is 6.07 Å². The van der Waals surface area contributed by atoms with Crippen molar-refractivity contribution in [3.05, 3.63) is 23.8 Å². The standard InChI is InChI=1S/C16H25NO3/c1-11(14-6-5-13(19-4)9-15(14)18)17-12-7-8-20-16(2,3)10-12/h5-6,9,11-12,17-18H,7-8,10H2,1-4H3. The van der Waals surface area contributed by atoms with Crippen molar-refractivity contribution in [1.29, 1.82) is 0 Å². The van der Waals surface area contributed by atoms with Gasteiger partial charge in [-0.2, -0.15) is 0 Å². The van der Waals surface area contributed by atoms with Crippen LogP contribution in [-0.4, -0.2) is 30.5 Å². The Morgan fingerprint density at radius 3 is 2.80 bits per heavy atom. The molecule has 20 heavy (non-hydrogen) atoms. The quantitative estimate of drug-likeness (QED) is 0.889. The number of aromatic hydroxyl groups is 1. The van der Waals surface area contributed by atoms with Gasteiger partial charge in [0.2, 0.25) is 0 Å². The predicted molar refractivity (Wildman–Crippen MR) is 79.3 cm³/mol. The second-order valence-corrected chi connectivity index (χ2v) is 6.11. The van der Waals surface area contributed by atoms with Gasteiger partial charge >= 0.3 is 0 Å². The van der Waals surface area contributed by atoms with Crippen molar-refractivity contribution in [3.63, 3.8) is 0 Å². The first kappa shape index (κ1) is 15.1. The van der Waals surface area contributed by atoms with E-state index < -0.39 is 0 Å². The maximum Gasteiger partial charge on any atom is 0.124 e. The molecule has 2 atom stereocenters. The van der Waals surface area contributed by atoms with Gasteiger partial charge in [-0.3, -0.25) is 0 Å². The van der Waals surface area contributed by atoms with Gasteiger partial charge < -0.3 is 19.9 Å². The Balaban J connectivity index is 2.02. The van der Waals surface area contributed by atoms with Gasteiger partial charge in [0.05, 0.1) is 12.7 Å². The van der Waals surface area contributed by atoms with Crippen LogP contribution in [0, 0.1) is 0 Å². The number of nitrogens with one attached hydrogen (secondary N) is 1. The minimum absolute atomic E-state index is 0.0718. The van der Waals surface area contributed by atoms with Crippen molar-refractivity contribution in [2.24, 2.45) is 0 Å². The summed E-state index contributed by atoms with van der Waals surface area (Å²) >= 11 is 0. The zero-order valence-corrected chi connectivity index (χ0v) is 12.8. The average molecular weight is 279 g/mol. The largest absolute Gasteiger partial charge is 0.507 e. The Bertz CT molecular complexity index is 459. The molecule has 2 rings (SSSR count). The summed E-state index contributed by atoms with van der Waals surface area (Å²) in [5.74, 6) is 0.946. The lowest BCUT2D eigenvalue weighted by Crippen LogP contribution is -2.44. The van der Waals surface area contributed by atoms with Gasteiger partial charge in [0, 0.05) is 30.3 Å². The smallest absolute Gasteiger partial charge is 0.124 e. The maximum atomic E-state index is 10.1. The number of phenolic OH excluding ortho intramolecular Hbond substituents is 1. The number of hydrogen-bond acceptors (Lipinski definition) is 4. The van der Waals surface area contributed by atoms with Crippen LogP contribution in [0.1, 0.15) is 45.2 Å². The van der Waals surface area contributed by atoms with E-state index in [2.05, 4.69) is 26.1 Å². The molecule has 0 aromatic heterocycles. The van der Waals surface area contributed by atoms with Crippen molar-refractivity contribution < 1.29 is 14.6 Å². The molecule has 0 aliphatic carbocycles. The van der Waals surface area contributed by atoms with Gasteiger partial charge in [-0.05, 0) is 39.7 Å². The van der Waals surface area contributed by atoms with Crippen LogP contribution in [0.4, 0.5) is 0 Å². The van der Waals surface area contributed by atoms with Crippen LogP contribution in [0.2, 0.25) is 0 Å². The second kappa shape index (κ2) is 6.02. The Kier molecular flexibility index (Phi) is 4.55. The molecular weight excluding hydrogens is 254 g/mol. The summed E-state index contributed by atoms with van der Waals surface area (Å²) in [6.45, 7) is 7.10. The van der Waals surface area contributed by atoms with E-state index in [9.17, 15) is 5.11 Å². The van der Waals surface area contributed by atoms with Gasteiger partial charge in [0.15, 0.2) is 0 Å². The minimum Gasteiger partial charge on any atom is -0.507 e. The van der Waals surface area contributed by atoms with E-state index >= 15 is 0 Å². The highest BCUT2D eigenvalue weighted by molar-refractivity contribution is 5.41. The molecule has 1 aliphatic heterocycles. The summed E-state index contributed by atoms with van der Waals surface area (Å²) in [5, 5.41) is 13.7. The van der Waals surface area contributed by atoms with E-state index in [0.717, 1.165) is 25.0 Å². The first-order valence-electron chi connectivity index (χ1n) is 7.18. The van der Waals surface area contributed by atoms with Crippen LogP contribution >= 0.6 is 0 Å². The number of phenols is 1. The molecular formula is C16H25NO3. The molecule has 0 saturated carbocycles. The van der Waals surface area contributed by atoms with E-state index in [-0.39, 0.29) is 17.4 Å². The molecule has 1 aliphatic rings. The number of rotatable bonds is 4. The summed E-state index contributed by atoms with van der Waals surface area (Å²) in [7, 11) is 1.60. The molecule has 1 fully saturated rings.